The lowest BCUT2D eigenvalue weighted by Crippen LogP contribution is -2.23. The zero-order valence-electron chi connectivity index (χ0n) is 8.02. The minimum absolute atomic E-state index is 1.02. The van der Waals surface area contributed by atoms with Crippen molar-refractivity contribution in [2.45, 2.75) is 44.9 Å². The highest BCUT2D eigenvalue weighted by Gasteiger charge is 2.24. The van der Waals surface area contributed by atoms with Crippen molar-refractivity contribution >= 4 is 0 Å². The summed E-state index contributed by atoms with van der Waals surface area (Å²) >= 11 is 0. The molecule has 1 heterocycles. The van der Waals surface area contributed by atoms with Crippen LogP contribution in [-0.2, 0) is 0 Å². The average Bonchev–Trinajstić information content (AvgIpc) is 2.38. The van der Waals surface area contributed by atoms with E-state index in [4.69, 9.17) is 0 Å². The molecule has 12 heavy (non-hydrogen) atoms. The van der Waals surface area contributed by atoms with Gasteiger partial charge in [0.1, 0.15) is 0 Å². The van der Waals surface area contributed by atoms with Crippen LogP contribution in [0.15, 0.2) is 0 Å². The van der Waals surface area contributed by atoms with Crippen molar-refractivity contribution in [3.05, 3.63) is 0 Å². The summed E-state index contributed by atoms with van der Waals surface area (Å²) < 4.78 is 0. The summed E-state index contributed by atoms with van der Waals surface area (Å²) in [6, 6.07) is 0. The Morgan fingerprint density at radius 3 is 2.42 bits per heavy atom. The maximum atomic E-state index is 3.57. The van der Waals surface area contributed by atoms with Crippen LogP contribution in [0, 0.1) is 11.8 Å². The zero-order chi connectivity index (χ0) is 8.23. The first kappa shape index (κ1) is 8.55. The second-order valence-corrected chi connectivity index (χ2v) is 4.50. The van der Waals surface area contributed by atoms with E-state index in [1.165, 1.54) is 58.0 Å². The van der Waals surface area contributed by atoms with Crippen LogP contribution >= 0.6 is 0 Å². The predicted molar refractivity (Wildman–Crippen MR) is 52.2 cm³/mol. The Labute approximate surface area is 75.9 Å². The smallest absolute Gasteiger partial charge is 0.00179 e. The quantitative estimate of drug-likeness (QED) is 0.584. The van der Waals surface area contributed by atoms with Gasteiger partial charge in [0, 0.05) is 0 Å². The van der Waals surface area contributed by atoms with Crippen LogP contribution in [0.2, 0.25) is 0 Å². The third kappa shape index (κ3) is 2.01. The number of hydrogen-bond acceptors (Lipinski definition) is 1. The van der Waals surface area contributed by atoms with Gasteiger partial charge < -0.3 is 5.32 Å². The highest BCUT2D eigenvalue weighted by molar-refractivity contribution is 4.78. The van der Waals surface area contributed by atoms with E-state index < -0.39 is 0 Å². The van der Waals surface area contributed by atoms with Gasteiger partial charge in [-0.2, -0.15) is 0 Å². The van der Waals surface area contributed by atoms with Crippen molar-refractivity contribution < 1.29 is 0 Å². The summed E-state index contributed by atoms with van der Waals surface area (Å²) in [6.45, 7) is 2.58. The molecule has 1 heteroatoms. The van der Waals surface area contributed by atoms with Crippen molar-refractivity contribution in [3.8, 4) is 0 Å². The van der Waals surface area contributed by atoms with Crippen LogP contribution in [0.3, 0.4) is 0 Å². The average molecular weight is 167 g/mol. The van der Waals surface area contributed by atoms with E-state index in [-0.39, 0.29) is 0 Å². The van der Waals surface area contributed by atoms with Gasteiger partial charge in [0.05, 0.1) is 0 Å². The first-order valence-corrected chi connectivity index (χ1v) is 5.67. The lowest BCUT2D eigenvalue weighted by atomic mass is 9.86. The molecule has 1 saturated heterocycles. The normalized spacial score (nSPS) is 38.0. The molecule has 2 rings (SSSR count). The lowest BCUT2D eigenvalue weighted by Gasteiger charge is -2.21. The molecular formula is C11H21N. The summed E-state index contributed by atoms with van der Waals surface area (Å²) in [5.41, 5.74) is 0. The fraction of sp³-hybridized carbons (Fsp3) is 1.00. The Morgan fingerprint density at radius 2 is 1.50 bits per heavy atom. The van der Waals surface area contributed by atoms with E-state index >= 15 is 0 Å². The summed E-state index contributed by atoms with van der Waals surface area (Å²) in [5, 5.41) is 3.57. The molecule has 0 aromatic rings. The van der Waals surface area contributed by atoms with Crippen LogP contribution in [0.1, 0.15) is 44.9 Å². The molecule has 0 aromatic heterocycles. The highest BCUT2D eigenvalue weighted by atomic mass is 14.9. The van der Waals surface area contributed by atoms with Crippen molar-refractivity contribution in [3.63, 3.8) is 0 Å². The van der Waals surface area contributed by atoms with Crippen LogP contribution in [-0.4, -0.2) is 13.1 Å². The SMILES string of the molecule is C1CCC2CCCNCC2CC1. The van der Waals surface area contributed by atoms with Crippen LogP contribution < -0.4 is 5.32 Å². The third-order valence-corrected chi connectivity index (χ3v) is 3.65. The first-order chi connectivity index (χ1) is 5.97. The second-order valence-electron chi connectivity index (χ2n) is 4.50. The Hall–Kier alpha value is -0.0400. The molecule has 1 N–H and O–H groups in total. The summed E-state index contributed by atoms with van der Waals surface area (Å²) in [5.74, 6) is 2.09. The number of fused-ring (bicyclic) bond motifs is 1. The Balaban J connectivity index is 1.94. The van der Waals surface area contributed by atoms with Crippen molar-refractivity contribution in [2.75, 3.05) is 13.1 Å². The summed E-state index contributed by atoms with van der Waals surface area (Å²) in [4.78, 5) is 0. The van der Waals surface area contributed by atoms with Gasteiger partial charge in [-0.15, -0.1) is 0 Å². The monoisotopic (exact) mass is 167 g/mol. The molecule has 1 aliphatic carbocycles. The molecule has 2 fully saturated rings. The summed E-state index contributed by atoms with van der Waals surface area (Å²) in [6.07, 6.45) is 10.4. The summed E-state index contributed by atoms with van der Waals surface area (Å²) in [7, 11) is 0. The first-order valence-electron chi connectivity index (χ1n) is 5.67. The van der Waals surface area contributed by atoms with E-state index in [1.807, 2.05) is 0 Å². The molecule has 1 saturated carbocycles. The van der Waals surface area contributed by atoms with Crippen molar-refractivity contribution in [2.24, 2.45) is 11.8 Å². The molecule has 0 aromatic carbocycles. The molecule has 0 amide bonds. The minimum Gasteiger partial charge on any atom is -0.316 e. The molecule has 0 bridgehead atoms. The topological polar surface area (TPSA) is 12.0 Å². The molecule has 1 aliphatic heterocycles. The van der Waals surface area contributed by atoms with E-state index in [2.05, 4.69) is 5.32 Å². The van der Waals surface area contributed by atoms with Crippen molar-refractivity contribution in [1.82, 2.24) is 5.32 Å². The van der Waals surface area contributed by atoms with E-state index in [0.29, 0.717) is 0 Å². The van der Waals surface area contributed by atoms with Crippen molar-refractivity contribution in [1.29, 1.82) is 0 Å². The van der Waals surface area contributed by atoms with Gasteiger partial charge in [-0.3, -0.25) is 0 Å². The minimum atomic E-state index is 1.02. The molecule has 2 atom stereocenters. The Kier molecular flexibility index (Phi) is 3.04. The lowest BCUT2D eigenvalue weighted by molar-refractivity contribution is 0.309. The number of hydrogen-bond donors (Lipinski definition) is 1. The number of rotatable bonds is 0. The molecule has 0 spiro atoms. The molecule has 2 unspecified atom stereocenters. The third-order valence-electron chi connectivity index (χ3n) is 3.65. The van der Waals surface area contributed by atoms with Crippen LogP contribution in [0.5, 0.6) is 0 Å². The van der Waals surface area contributed by atoms with Gasteiger partial charge in [-0.25, -0.2) is 0 Å². The molecular weight excluding hydrogens is 146 g/mol. The van der Waals surface area contributed by atoms with E-state index in [1.54, 1.807) is 0 Å². The predicted octanol–water partition coefficient (Wildman–Crippen LogP) is 2.57. The van der Waals surface area contributed by atoms with Gasteiger partial charge in [-0.05, 0) is 44.2 Å². The van der Waals surface area contributed by atoms with Crippen LogP contribution in [0.4, 0.5) is 0 Å². The Morgan fingerprint density at radius 1 is 0.750 bits per heavy atom. The van der Waals surface area contributed by atoms with Gasteiger partial charge in [-0.1, -0.05) is 25.7 Å². The fourth-order valence-electron chi connectivity index (χ4n) is 2.89. The van der Waals surface area contributed by atoms with E-state index in [0.717, 1.165) is 11.8 Å². The highest BCUT2D eigenvalue weighted by Crippen LogP contribution is 2.32. The molecule has 1 nitrogen and oxygen atoms in total. The Bertz CT molecular complexity index is 105. The van der Waals surface area contributed by atoms with Crippen LogP contribution in [0.25, 0.3) is 0 Å². The molecule has 70 valence electrons. The molecule has 0 radical (unpaired) electrons. The maximum absolute atomic E-state index is 3.57. The maximum Gasteiger partial charge on any atom is -0.00179 e. The zero-order valence-corrected chi connectivity index (χ0v) is 8.02. The standard InChI is InChI=1S/C11H21N/c1-2-5-10-7-4-8-12-9-11(10)6-3-1/h10-12H,1-9H2. The van der Waals surface area contributed by atoms with E-state index in [9.17, 15) is 0 Å². The fourth-order valence-corrected chi connectivity index (χ4v) is 2.89. The van der Waals surface area contributed by atoms with Gasteiger partial charge in [0.15, 0.2) is 0 Å². The van der Waals surface area contributed by atoms with Gasteiger partial charge in [0.25, 0.3) is 0 Å². The largest absolute Gasteiger partial charge is 0.316 e. The number of nitrogens with one attached hydrogen (secondary N) is 1. The van der Waals surface area contributed by atoms with Gasteiger partial charge in [0.2, 0.25) is 0 Å². The van der Waals surface area contributed by atoms with Gasteiger partial charge >= 0.3 is 0 Å². The molecule has 2 aliphatic rings. The second kappa shape index (κ2) is 4.27.